The molecule has 1 aromatic rings. The van der Waals surface area contributed by atoms with E-state index in [1.54, 1.807) is 6.26 Å². The summed E-state index contributed by atoms with van der Waals surface area (Å²) in [5.74, 6) is 0.703. The Kier molecular flexibility index (Phi) is 8.66. The Bertz CT molecular complexity index is 267. The standard InChI is InChI=1S/C16H28O2/c1-2-3-4-5-6-7-8-9-10-12-15(17)16-13-11-14-18-16/h11,13-15,17H,2-10,12H2,1H3. The van der Waals surface area contributed by atoms with E-state index in [-0.39, 0.29) is 0 Å². The molecule has 0 spiro atoms. The molecule has 0 saturated carbocycles. The van der Waals surface area contributed by atoms with Gasteiger partial charge in [-0.15, -0.1) is 0 Å². The molecule has 2 nitrogen and oxygen atoms in total. The summed E-state index contributed by atoms with van der Waals surface area (Å²) >= 11 is 0. The molecule has 18 heavy (non-hydrogen) atoms. The zero-order chi connectivity index (χ0) is 13.1. The Hall–Kier alpha value is -0.760. The first-order chi connectivity index (χ1) is 8.84. The lowest BCUT2D eigenvalue weighted by atomic mass is 10.0. The lowest BCUT2D eigenvalue weighted by molar-refractivity contribution is 0.136. The molecule has 0 amide bonds. The van der Waals surface area contributed by atoms with E-state index in [4.69, 9.17) is 4.42 Å². The van der Waals surface area contributed by atoms with Crippen LogP contribution in [0.1, 0.15) is 83.0 Å². The minimum atomic E-state index is -0.412. The molecule has 1 heterocycles. The number of aliphatic hydroxyl groups excluding tert-OH is 1. The number of aliphatic hydroxyl groups is 1. The fourth-order valence-corrected chi connectivity index (χ4v) is 2.27. The van der Waals surface area contributed by atoms with Gasteiger partial charge in [0.1, 0.15) is 11.9 Å². The quantitative estimate of drug-likeness (QED) is 0.547. The molecule has 1 atom stereocenters. The summed E-state index contributed by atoms with van der Waals surface area (Å²) in [5, 5.41) is 9.82. The van der Waals surface area contributed by atoms with E-state index in [9.17, 15) is 5.11 Å². The van der Waals surface area contributed by atoms with Crippen LogP contribution in [0.25, 0.3) is 0 Å². The van der Waals surface area contributed by atoms with Crippen molar-refractivity contribution in [3.05, 3.63) is 24.2 Å². The van der Waals surface area contributed by atoms with E-state index in [0.29, 0.717) is 5.76 Å². The van der Waals surface area contributed by atoms with Gasteiger partial charge in [-0.3, -0.25) is 0 Å². The monoisotopic (exact) mass is 252 g/mol. The molecular weight excluding hydrogens is 224 g/mol. The average Bonchev–Trinajstić information content (AvgIpc) is 2.90. The molecule has 0 bridgehead atoms. The third-order valence-electron chi connectivity index (χ3n) is 3.45. The van der Waals surface area contributed by atoms with Crippen LogP contribution in [0.4, 0.5) is 0 Å². The van der Waals surface area contributed by atoms with Crippen molar-refractivity contribution in [2.75, 3.05) is 0 Å². The van der Waals surface area contributed by atoms with Crippen molar-refractivity contribution in [2.45, 2.75) is 77.2 Å². The van der Waals surface area contributed by atoms with E-state index in [0.717, 1.165) is 12.8 Å². The summed E-state index contributed by atoms with van der Waals surface area (Å²) in [5.41, 5.74) is 0. The fourth-order valence-electron chi connectivity index (χ4n) is 2.27. The van der Waals surface area contributed by atoms with Crippen LogP contribution >= 0.6 is 0 Å². The molecule has 1 rings (SSSR count). The van der Waals surface area contributed by atoms with Crippen molar-refractivity contribution in [3.8, 4) is 0 Å². The van der Waals surface area contributed by atoms with Gasteiger partial charge in [-0.1, -0.05) is 64.7 Å². The highest BCUT2D eigenvalue weighted by Crippen LogP contribution is 2.20. The summed E-state index contributed by atoms with van der Waals surface area (Å²) in [6.45, 7) is 2.25. The summed E-state index contributed by atoms with van der Waals surface area (Å²) in [6.07, 6.45) is 13.9. The smallest absolute Gasteiger partial charge is 0.132 e. The maximum atomic E-state index is 9.82. The molecule has 0 aliphatic carbocycles. The van der Waals surface area contributed by atoms with E-state index in [2.05, 4.69) is 6.92 Å². The minimum absolute atomic E-state index is 0.412. The van der Waals surface area contributed by atoms with Gasteiger partial charge in [0.05, 0.1) is 6.26 Å². The van der Waals surface area contributed by atoms with Crippen LogP contribution in [0.2, 0.25) is 0 Å². The van der Waals surface area contributed by atoms with Crippen molar-refractivity contribution >= 4 is 0 Å². The second-order valence-corrected chi connectivity index (χ2v) is 5.15. The predicted molar refractivity (Wildman–Crippen MR) is 75.5 cm³/mol. The fraction of sp³-hybridized carbons (Fsp3) is 0.750. The minimum Gasteiger partial charge on any atom is -0.467 e. The maximum absolute atomic E-state index is 9.82. The first-order valence-corrected chi connectivity index (χ1v) is 7.56. The second-order valence-electron chi connectivity index (χ2n) is 5.15. The first-order valence-electron chi connectivity index (χ1n) is 7.56. The number of rotatable bonds is 11. The van der Waals surface area contributed by atoms with Gasteiger partial charge in [-0.25, -0.2) is 0 Å². The lowest BCUT2D eigenvalue weighted by Gasteiger charge is -2.07. The van der Waals surface area contributed by atoms with Crippen molar-refractivity contribution < 1.29 is 9.52 Å². The van der Waals surface area contributed by atoms with Gasteiger partial charge in [0.2, 0.25) is 0 Å². The summed E-state index contributed by atoms with van der Waals surface area (Å²) in [6, 6.07) is 3.67. The lowest BCUT2D eigenvalue weighted by Crippen LogP contribution is -1.95. The molecule has 0 aromatic carbocycles. The Labute approximate surface area is 111 Å². The molecule has 0 saturated heterocycles. The average molecular weight is 252 g/mol. The Morgan fingerprint density at radius 2 is 1.61 bits per heavy atom. The second kappa shape index (κ2) is 10.2. The molecule has 0 radical (unpaired) electrons. The van der Waals surface area contributed by atoms with Crippen molar-refractivity contribution in [1.82, 2.24) is 0 Å². The molecule has 1 unspecified atom stereocenters. The third-order valence-corrected chi connectivity index (χ3v) is 3.45. The van der Waals surface area contributed by atoms with Gasteiger partial charge in [-0.05, 0) is 18.6 Å². The van der Waals surface area contributed by atoms with E-state index in [1.807, 2.05) is 12.1 Å². The van der Waals surface area contributed by atoms with Gasteiger partial charge in [0, 0.05) is 0 Å². The Balaban J connectivity index is 1.87. The van der Waals surface area contributed by atoms with Gasteiger partial charge in [0.25, 0.3) is 0 Å². The highest BCUT2D eigenvalue weighted by Gasteiger charge is 2.08. The molecule has 2 heteroatoms. The van der Waals surface area contributed by atoms with Crippen LogP contribution < -0.4 is 0 Å². The van der Waals surface area contributed by atoms with Crippen LogP contribution in [0, 0.1) is 0 Å². The van der Waals surface area contributed by atoms with E-state index < -0.39 is 6.10 Å². The summed E-state index contributed by atoms with van der Waals surface area (Å²) < 4.78 is 5.18. The predicted octanol–water partition coefficient (Wildman–Crippen LogP) is 5.23. The molecule has 104 valence electrons. The van der Waals surface area contributed by atoms with Crippen molar-refractivity contribution in [3.63, 3.8) is 0 Å². The normalized spacial score (nSPS) is 12.8. The van der Waals surface area contributed by atoms with E-state index >= 15 is 0 Å². The first kappa shape index (κ1) is 15.3. The molecule has 0 aliphatic rings. The summed E-state index contributed by atoms with van der Waals surface area (Å²) in [7, 11) is 0. The van der Waals surface area contributed by atoms with Gasteiger partial charge in [0.15, 0.2) is 0 Å². The molecule has 0 fully saturated rings. The SMILES string of the molecule is CCCCCCCCCCCC(O)c1ccco1. The Morgan fingerprint density at radius 3 is 2.17 bits per heavy atom. The third kappa shape index (κ3) is 6.85. The van der Waals surface area contributed by atoms with Crippen LogP contribution in [0.5, 0.6) is 0 Å². The highest BCUT2D eigenvalue weighted by atomic mass is 16.4. The molecule has 1 N–H and O–H groups in total. The van der Waals surface area contributed by atoms with Crippen LogP contribution in [-0.2, 0) is 0 Å². The van der Waals surface area contributed by atoms with Gasteiger partial charge in [-0.2, -0.15) is 0 Å². The summed E-state index contributed by atoms with van der Waals surface area (Å²) in [4.78, 5) is 0. The highest BCUT2D eigenvalue weighted by molar-refractivity contribution is 5.01. The van der Waals surface area contributed by atoms with Gasteiger partial charge >= 0.3 is 0 Å². The number of hydrogen-bond acceptors (Lipinski definition) is 2. The van der Waals surface area contributed by atoms with Crippen LogP contribution in [0.3, 0.4) is 0 Å². The topological polar surface area (TPSA) is 33.4 Å². The number of furan rings is 1. The molecule has 1 aromatic heterocycles. The largest absolute Gasteiger partial charge is 0.467 e. The number of unbranched alkanes of at least 4 members (excludes halogenated alkanes) is 8. The molecule has 0 aliphatic heterocycles. The van der Waals surface area contributed by atoms with Gasteiger partial charge < -0.3 is 9.52 Å². The van der Waals surface area contributed by atoms with E-state index in [1.165, 1.54) is 51.4 Å². The Morgan fingerprint density at radius 1 is 1.00 bits per heavy atom. The zero-order valence-corrected chi connectivity index (χ0v) is 11.7. The zero-order valence-electron chi connectivity index (χ0n) is 11.7. The van der Waals surface area contributed by atoms with Crippen molar-refractivity contribution in [2.24, 2.45) is 0 Å². The van der Waals surface area contributed by atoms with Crippen LogP contribution in [0.15, 0.2) is 22.8 Å². The van der Waals surface area contributed by atoms with Crippen molar-refractivity contribution in [1.29, 1.82) is 0 Å². The maximum Gasteiger partial charge on any atom is 0.132 e. The molecular formula is C16H28O2. The number of hydrogen-bond donors (Lipinski definition) is 1. The van der Waals surface area contributed by atoms with Crippen LogP contribution in [-0.4, -0.2) is 5.11 Å².